The highest BCUT2D eigenvalue weighted by molar-refractivity contribution is 5.68. The minimum absolute atomic E-state index is 0.306. The number of nitrogens with zero attached hydrogens (tertiary/aromatic N) is 3. The van der Waals surface area contributed by atoms with Gasteiger partial charge in [-0.25, -0.2) is 4.52 Å². The Morgan fingerprint density at radius 3 is 2.42 bits per heavy atom. The molecule has 0 aliphatic rings. The van der Waals surface area contributed by atoms with E-state index in [0.717, 1.165) is 16.8 Å². The first-order valence-electron chi connectivity index (χ1n) is 6.25. The summed E-state index contributed by atoms with van der Waals surface area (Å²) >= 11 is 0. The first-order chi connectivity index (χ1) is 9.04. The van der Waals surface area contributed by atoms with Gasteiger partial charge in [-0.05, 0) is 49.1 Å². The van der Waals surface area contributed by atoms with E-state index >= 15 is 0 Å². The van der Waals surface area contributed by atoms with Gasteiger partial charge in [0.15, 0.2) is 5.65 Å². The summed E-state index contributed by atoms with van der Waals surface area (Å²) in [6.07, 6.45) is 1.97. The van der Waals surface area contributed by atoms with E-state index in [0.29, 0.717) is 5.95 Å². The molecule has 0 bridgehead atoms. The molecule has 0 spiro atoms. The summed E-state index contributed by atoms with van der Waals surface area (Å²) in [6.45, 7) is 6.26. The average molecular weight is 252 g/mol. The van der Waals surface area contributed by atoms with Gasteiger partial charge in [-0.1, -0.05) is 18.2 Å². The molecule has 4 nitrogen and oxygen atoms in total. The van der Waals surface area contributed by atoms with Gasteiger partial charge in [0.05, 0.1) is 0 Å². The number of aromatic nitrogens is 3. The number of hydrogen-bond acceptors (Lipinski definition) is 3. The number of pyridine rings is 1. The zero-order valence-corrected chi connectivity index (χ0v) is 11.3. The molecule has 1 aromatic carbocycles. The minimum atomic E-state index is 0.306. The number of anilines is 1. The van der Waals surface area contributed by atoms with Crippen LogP contribution in [0.4, 0.5) is 5.95 Å². The molecule has 0 saturated carbocycles. The summed E-state index contributed by atoms with van der Waals surface area (Å²) < 4.78 is 1.75. The molecule has 2 N–H and O–H groups in total. The Bertz CT molecular complexity index is 771. The lowest BCUT2D eigenvalue weighted by atomic mass is 10.0. The van der Waals surface area contributed by atoms with E-state index in [4.69, 9.17) is 5.73 Å². The van der Waals surface area contributed by atoms with Crippen molar-refractivity contribution in [2.45, 2.75) is 20.8 Å². The van der Waals surface area contributed by atoms with Crippen molar-refractivity contribution >= 4 is 11.6 Å². The zero-order chi connectivity index (χ0) is 13.6. The first-order valence-corrected chi connectivity index (χ1v) is 6.25. The third-order valence-corrected chi connectivity index (χ3v) is 3.47. The average Bonchev–Trinajstić information content (AvgIpc) is 2.74. The van der Waals surface area contributed by atoms with Crippen molar-refractivity contribution in [3.05, 3.63) is 47.2 Å². The van der Waals surface area contributed by atoms with Crippen molar-refractivity contribution < 1.29 is 0 Å². The fourth-order valence-corrected chi connectivity index (χ4v) is 2.24. The third kappa shape index (κ3) is 1.95. The summed E-state index contributed by atoms with van der Waals surface area (Å²) in [7, 11) is 0. The maximum atomic E-state index is 5.65. The number of benzene rings is 1. The van der Waals surface area contributed by atoms with Crippen LogP contribution in [-0.4, -0.2) is 14.6 Å². The molecule has 0 atom stereocenters. The number of nitrogens with two attached hydrogens (primary N) is 1. The highest BCUT2D eigenvalue weighted by Gasteiger charge is 2.07. The Morgan fingerprint density at radius 2 is 1.68 bits per heavy atom. The van der Waals surface area contributed by atoms with Gasteiger partial charge in [-0.15, -0.1) is 5.10 Å². The Morgan fingerprint density at radius 1 is 0.947 bits per heavy atom. The fourth-order valence-electron chi connectivity index (χ4n) is 2.24. The van der Waals surface area contributed by atoms with Gasteiger partial charge in [0.1, 0.15) is 0 Å². The minimum Gasteiger partial charge on any atom is -0.366 e. The van der Waals surface area contributed by atoms with Gasteiger partial charge in [0.2, 0.25) is 5.95 Å². The van der Waals surface area contributed by atoms with Crippen molar-refractivity contribution in [2.75, 3.05) is 5.73 Å². The van der Waals surface area contributed by atoms with E-state index in [1.807, 2.05) is 13.1 Å². The maximum Gasteiger partial charge on any atom is 0.240 e. The quantitative estimate of drug-likeness (QED) is 0.724. The number of aryl methyl sites for hydroxylation is 3. The Balaban J connectivity index is 2.21. The van der Waals surface area contributed by atoms with E-state index in [2.05, 4.69) is 48.2 Å². The van der Waals surface area contributed by atoms with Crippen LogP contribution in [0.5, 0.6) is 0 Å². The molecule has 0 aliphatic heterocycles. The van der Waals surface area contributed by atoms with Gasteiger partial charge < -0.3 is 5.73 Å². The van der Waals surface area contributed by atoms with Gasteiger partial charge in [-0.2, -0.15) is 4.98 Å². The molecule has 3 rings (SSSR count). The molecule has 2 heterocycles. The Hall–Kier alpha value is -2.36. The van der Waals surface area contributed by atoms with E-state index in [1.165, 1.54) is 16.7 Å². The van der Waals surface area contributed by atoms with Crippen LogP contribution in [0.15, 0.2) is 30.5 Å². The predicted molar refractivity (Wildman–Crippen MR) is 77.0 cm³/mol. The van der Waals surface area contributed by atoms with Crippen molar-refractivity contribution in [1.29, 1.82) is 0 Å². The molecule has 0 saturated heterocycles. The molecular weight excluding hydrogens is 236 g/mol. The van der Waals surface area contributed by atoms with Crippen LogP contribution >= 0.6 is 0 Å². The van der Waals surface area contributed by atoms with Crippen LogP contribution in [-0.2, 0) is 0 Å². The molecule has 0 radical (unpaired) electrons. The van der Waals surface area contributed by atoms with Crippen LogP contribution in [0.25, 0.3) is 16.8 Å². The second-order valence-corrected chi connectivity index (χ2v) is 4.95. The monoisotopic (exact) mass is 252 g/mol. The van der Waals surface area contributed by atoms with Crippen molar-refractivity contribution in [2.24, 2.45) is 0 Å². The number of nitrogen functional groups attached to an aromatic ring is 1. The van der Waals surface area contributed by atoms with Crippen LogP contribution < -0.4 is 5.73 Å². The lowest BCUT2D eigenvalue weighted by Crippen LogP contribution is -1.93. The molecule has 0 fully saturated rings. The van der Waals surface area contributed by atoms with Crippen LogP contribution in [0.3, 0.4) is 0 Å². The molecule has 2 aromatic heterocycles. The SMILES string of the molecule is Cc1ccc(-c2cc(C)c3nc(N)nn3c2)cc1C. The summed E-state index contributed by atoms with van der Waals surface area (Å²) in [5.41, 5.74) is 12.4. The van der Waals surface area contributed by atoms with Crippen LogP contribution in [0.1, 0.15) is 16.7 Å². The van der Waals surface area contributed by atoms with E-state index < -0.39 is 0 Å². The molecule has 0 unspecified atom stereocenters. The normalized spacial score (nSPS) is 11.1. The van der Waals surface area contributed by atoms with Gasteiger partial charge >= 0.3 is 0 Å². The molecule has 96 valence electrons. The van der Waals surface area contributed by atoms with Gasteiger partial charge in [0.25, 0.3) is 0 Å². The van der Waals surface area contributed by atoms with E-state index in [-0.39, 0.29) is 0 Å². The van der Waals surface area contributed by atoms with Gasteiger partial charge in [0, 0.05) is 11.8 Å². The van der Waals surface area contributed by atoms with E-state index in [1.54, 1.807) is 4.52 Å². The standard InChI is InChI=1S/C15H16N4/c1-9-4-5-12(6-10(9)2)13-7-11(3)14-17-15(16)18-19(14)8-13/h4-8H,1-3H3,(H2,16,18). The highest BCUT2D eigenvalue weighted by Crippen LogP contribution is 2.24. The molecule has 3 aromatic rings. The fraction of sp³-hybridized carbons (Fsp3) is 0.200. The Kier molecular flexibility index (Phi) is 2.52. The van der Waals surface area contributed by atoms with Crippen molar-refractivity contribution in [3.63, 3.8) is 0 Å². The zero-order valence-electron chi connectivity index (χ0n) is 11.3. The largest absolute Gasteiger partial charge is 0.366 e. The smallest absolute Gasteiger partial charge is 0.240 e. The second-order valence-electron chi connectivity index (χ2n) is 4.95. The van der Waals surface area contributed by atoms with E-state index in [9.17, 15) is 0 Å². The maximum absolute atomic E-state index is 5.65. The molecule has 19 heavy (non-hydrogen) atoms. The Labute approximate surface area is 111 Å². The summed E-state index contributed by atoms with van der Waals surface area (Å²) in [4.78, 5) is 4.21. The summed E-state index contributed by atoms with van der Waals surface area (Å²) in [5.74, 6) is 0.306. The van der Waals surface area contributed by atoms with Crippen LogP contribution in [0.2, 0.25) is 0 Å². The lowest BCUT2D eigenvalue weighted by Gasteiger charge is -2.07. The number of hydrogen-bond donors (Lipinski definition) is 1. The molecule has 0 amide bonds. The number of fused-ring (bicyclic) bond motifs is 1. The third-order valence-electron chi connectivity index (χ3n) is 3.47. The highest BCUT2D eigenvalue weighted by atomic mass is 15.3. The van der Waals surface area contributed by atoms with Crippen molar-refractivity contribution in [3.8, 4) is 11.1 Å². The topological polar surface area (TPSA) is 56.2 Å². The lowest BCUT2D eigenvalue weighted by molar-refractivity contribution is 0.964. The van der Waals surface area contributed by atoms with Crippen molar-refractivity contribution in [1.82, 2.24) is 14.6 Å². The summed E-state index contributed by atoms with van der Waals surface area (Å²) in [5, 5.41) is 4.18. The van der Waals surface area contributed by atoms with Gasteiger partial charge in [-0.3, -0.25) is 0 Å². The molecule has 0 aliphatic carbocycles. The van der Waals surface area contributed by atoms with Crippen LogP contribution in [0, 0.1) is 20.8 Å². The number of rotatable bonds is 1. The summed E-state index contributed by atoms with van der Waals surface area (Å²) in [6, 6.07) is 8.58. The molecule has 4 heteroatoms. The second kappa shape index (κ2) is 4.09. The predicted octanol–water partition coefficient (Wildman–Crippen LogP) is 2.90. The first kappa shape index (κ1) is 11.7. The molecular formula is C15H16N4.